The molecule has 0 spiro atoms. The van der Waals surface area contributed by atoms with Crippen LogP contribution in [0, 0.1) is 0 Å². The molecule has 0 saturated carbocycles. The second-order valence-electron chi connectivity index (χ2n) is 4.42. The van der Waals surface area contributed by atoms with Crippen LogP contribution in [-0.4, -0.2) is 28.8 Å². The summed E-state index contributed by atoms with van der Waals surface area (Å²) in [6, 6.07) is 13.8. The zero-order valence-corrected chi connectivity index (χ0v) is 10.8. The molecule has 0 fully saturated rings. The number of carboxylic acids is 1. The Hall–Kier alpha value is -2.53. The SMILES string of the molecule is Nc1ccc(-c2ccc(NC(CO)C(=O)O)cc2)cc1. The Morgan fingerprint density at radius 2 is 1.55 bits per heavy atom. The highest BCUT2D eigenvalue weighted by atomic mass is 16.4. The van der Waals surface area contributed by atoms with Gasteiger partial charge in [0.2, 0.25) is 0 Å². The molecule has 5 N–H and O–H groups in total. The van der Waals surface area contributed by atoms with Crippen molar-refractivity contribution >= 4 is 17.3 Å². The Morgan fingerprint density at radius 1 is 1.05 bits per heavy atom. The Bertz CT molecular complexity index is 579. The maximum atomic E-state index is 10.8. The van der Waals surface area contributed by atoms with Gasteiger partial charge < -0.3 is 21.3 Å². The van der Waals surface area contributed by atoms with E-state index >= 15 is 0 Å². The number of carbonyl (C=O) groups is 1. The smallest absolute Gasteiger partial charge is 0.328 e. The van der Waals surface area contributed by atoms with Gasteiger partial charge in [-0.3, -0.25) is 0 Å². The molecule has 1 atom stereocenters. The Balaban J connectivity index is 2.13. The molecule has 0 aliphatic rings. The molecule has 20 heavy (non-hydrogen) atoms. The van der Waals surface area contributed by atoms with Crippen LogP contribution < -0.4 is 11.1 Å². The van der Waals surface area contributed by atoms with Gasteiger partial charge in [0.25, 0.3) is 0 Å². The first kappa shape index (κ1) is 13.9. The number of carboxylic acid groups (broad SMARTS) is 1. The Kier molecular flexibility index (Phi) is 4.22. The van der Waals surface area contributed by atoms with Crippen LogP contribution in [0.4, 0.5) is 11.4 Å². The van der Waals surface area contributed by atoms with Gasteiger partial charge in [0.15, 0.2) is 0 Å². The highest BCUT2D eigenvalue weighted by Crippen LogP contribution is 2.22. The second-order valence-corrected chi connectivity index (χ2v) is 4.42. The highest BCUT2D eigenvalue weighted by Gasteiger charge is 2.15. The van der Waals surface area contributed by atoms with Crippen molar-refractivity contribution in [2.24, 2.45) is 0 Å². The number of nitrogen functional groups attached to an aromatic ring is 1. The lowest BCUT2D eigenvalue weighted by molar-refractivity contribution is -0.138. The molecule has 2 aromatic rings. The summed E-state index contributed by atoms with van der Waals surface area (Å²) < 4.78 is 0. The zero-order valence-electron chi connectivity index (χ0n) is 10.8. The molecular weight excluding hydrogens is 256 g/mol. The summed E-state index contributed by atoms with van der Waals surface area (Å²) in [5.41, 5.74) is 9.03. The molecule has 0 aliphatic heterocycles. The van der Waals surface area contributed by atoms with Crippen LogP contribution in [0.25, 0.3) is 11.1 Å². The predicted molar refractivity (Wildman–Crippen MR) is 78.4 cm³/mol. The first-order valence-electron chi connectivity index (χ1n) is 6.16. The van der Waals surface area contributed by atoms with Crippen molar-refractivity contribution in [1.29, 1.82) is 0 Å². The van der Waals surface area contributed by atoms with E-state index in [0.717, 1.165) is 11.1 Å². The summed E-state index contributed by atoms with van der Waals surface area (Å²) in [7, 11) is 0. The van der Waals surface area contributed by atoms with Crippen molar-refractivity contribution < 1.29 is 15.0 Å². The number of aliphatic hydroxyl groups excluding tert-OH is 1. The molecule has 104 valence electrons. The average molecular weight is 272 g/mol. The molecule has 0 aliphatic carbocycles. The van der Waals surface area contributed by atoms with Gasteiger partial charge in [-0.15, -0.1) is 0 Å². The number of anilines is 2. The molecule has 0 aromatic heterocycles. The van der Waals surface area contributed by atoms with Crippen LogP contribution in [0.2, 0.25) is 0 Å². The van der Waals surface area contributed by atoms with Crippen molar-refractivity contribution in [2.45, 2.75) is 6.04 Å². The molecule has 2 aromatic carbocycles. The number of nitrogens with two attached hydrogens (primary N) is 1. The predicted octanol–water partition coefficient (Wildman–Crippen LogP) is 1.79. The lowest BCUT2D eigenvalue weighted by Gasteiger charge is -2.13. The molecule has 0 saturated heterocycles. The van der Waals surface area contributed by atoms with Crippen molar-refractivity contribution in [2.75, 3.05) is 17.7 Å². The van der Waals surface area contributed by atoms with Gasteiger partial charge in [0.1, 0.15) is 6.04 Å². The molecule has 5 heteroatoms. The van der Waals surface area contributed by atoms with E-state index < -0.39 is 18.6 Å². The summed E-state index contributed by atoms with van der Waals surface area (Å²) in [4.78, 5) is 10.8. The van der Waals surface area contributed by atoms with Gasteiger partial charge in [-0.2, -0.15) is 0 Å². The zero-order chi connectivity index (χ0) is 14.5. The minimum absolute atomic E-state index is 0.463. The fraction of sp³-hybridized carbons (Fsp3) is 0.133. The number of rotatable bonds is 5. The van der Waals surface area contributed by atoms with Gasteiger partial charge in [0, 0.05) is 11.4 Å². The average Bonchev–Trinajstić information content (AvgIpc) is 2.46. The molecular formula is C15H16N2O3. The van der Waals surface area contributed by atoms with Crippen molar-refractivity contribution in [3.8, 4) is 11.1 Å². The topological polar surface area (TPSA) is 95.6 Å². The molecule has 5 nitrogen and oxygen atoms in total. The third kappa shape index (κ3) is 3.27. The summed E-state index contributed by atoms with van der Waals surface area (Å²) in [6.07, 6.45) is 0. The number of benzene rings is 2. The Labute approximate surface area is 116 Å². The Morgan fingerprint density at radius 3 is 2.00 bits per heavy atom. The molecule has 2 rings (SSSR count). The van der Waals surface area contributed by atoms with Crippen LogP contribution in [0.15, 0.2) is 48.5 Å². The number of nitrogens with one attached hydrogen (secondary N) is 1. The van der Waals surface area contributed by atoms with Crippen molar-refractivity contribution in [3.05, 3.63) is 48.5 Å². The number of hydrogen-bond donors (Lipinski definition) is 4. The van der Waals surface area contributed by atoms with Crippen LogP contribution in [0.1, 0.15) is 0 Å². The van der Waals surface area contributed by atoms with Gasteiger partial charge in [-0.05, 0) is 35.4 Å². The minimum Gasteiger partial charge on any atom is -0.480 e. The fourth-order valence-electron chi connectivity index (χ4n) is 1.82. The lowest BCUT2D eigenvalue weighted by atomic mass is 10.0. The summed E-state index contributed by atoms with van der Waals surface area (Å²) in [5.74, 6) is -1.09. The first-order valence-corrected chi connectivity index (χ1v) is 6.16. The van der Waals surface area contributed by atoms with Crippen molar-refractivity contribution in [1.82, 2.24) is 0 Å². The highest BCUT2D eigenvalue weighted by molar-refractivity contribution is 5.78. The minimum atomic E-state index is -1.09. The second kappa shape index (κ2) is 6.08. The molecule has 1 unspecified atom stereocenters. The van der Waals surface area contributed by atoms with Crippen LogP contribution in [-0.2, 0) is 4.79 Å². The van der Waals surface area contributed by atoms with Gasteiger partial charge in [0.05, 0.1) is 6.61 Å². The third-order valence-electron chi connectivity index (χ3n) is 2.95. The van der Waals surface area contributed by atoms with E-state index in [1.54, 1.807) is 12.1 Å². The molecule has 0 bridgehead atoms. The van der Waals surface area contributed by atoms with Gasteiger partial charge in [-0.25, -0.2) is 4.79 Å². The van der Waals surface area contributed by atoms with Crippen molar-refractivity contribution in [3.63, 3.8) is 0 Å². The molecule has 0 amide bonds. The van der Waals surface area contributed by atoms with E-state index in [1.807, 2.05) is 36.4 Å². The standard InChI is InChI=1S/C15H16N2O3/c16-12-5-1-10(2-6-12)11-3-7-13(8-4-11)17-14(9-18)15(19)20/h1-8,14,17-18H,9,16H2,(H,19,20). The number of aliphatic hydroxyl groups is 1. The fourth-order valence-corrected chi connectivity index (χ4v) is 1.82. The molecule has 0 radical (unpaired) electrons. The van der Waals surface area contributed by atoms with Gasteiger partial charge >= 0.3 is 5.97 Å². The number of hydrogen-bond acceptors (Lipinski definition) is 4. The van der Waals surface area contributed by atoms with Crippen LogP contribution in [0.3, 0.4) is 0 Å². The van der Waals surface area contributed by atoms with E-state index in [-0.39, 0.29) is 0 Å². The van der Waals surface area contributed by atoms with Crippen LogP contribution in [0.5, 0.6) is 0 Å². The molecule has 0 heterocycles. The largest absolute Gasteiger partial charge is 0.480 e. The van der Waals surface area contributed by atoms with E-state index in [9.17, 15) is 4.79 Å². The quantitative estimate of drug-likeness (QED) is 0.622. The maximum Gasteiger partial charge on any atom is 0.328 e. The monoisotopic (exact) mass is 272 g/mol. The van der Waals surface area contributed by atoms with Gasteiger partial charge in [-0.1, -0.05) is 24.3 Å². The third-order valence-corrected chi connectivity index (χ3v) is 2.95. The lowest BCUT2D eigenvalue weighted by Crippen LogP contribution is -2.32. The van der Waals surface area contributed by atoms with E-state index in [0.29, 0.717) is 11.4 Å². The van der Waals surface area contributed by atoms with E-state index in [2.05, 4.69) is 5.32 Å². The summed E-state index contributed by atoms with van der Waals surface area (Å²) in [5, 5.41) is 20.6. The first-order chi connectivity index (χ1) is 9.60. The maximum absolute atomic E-state index is 10.8. The van der Waals surface area contributed by atoms with Crippen LogP contribution >= 0.6 is 0 Å². The van der Waals surface area contributed by atoms with E-state index in [4.69, 9.17) is 15.9 Å². The van der Waals surface area contributed by atoms with E-state index in [1.165, 1.54) is 0 Å². The summed E-state index contributed by atoms with van der Waals surface area (Å²) >= 11 is 0. The summed E-state index contributed by atoms with van der Waals surface area (Å²) in [6.45, 7) is -0.463. The number of aliphatic carboxylic acids is 1. The normalized spacial score (nSPS) is 11.8.